The van der Waals surface area contributed by atoms with Gasteiger partial charge in [0, 0.05) is 24.7 Å². The van der Waals surface area contributed by atoms with Gasteiger partial charge in [-0.25, -0.2) is 12.7 Å². The summed E-state index contributed by atoms with van der Waals surface area (Å²) in [5.74, 6) is 0.640. The standard InChI is InChI=1S/C15H24N2O3S/c1-3-14(13-6-4-5-7-15(13)18)16-10-12-8-9-17(11-12)21(2,19)20/h4-7,12,14,16,18H,3,8-11H2,1-2H3/t12-,14+/m0/s1. The fourth-order valence-corrected chi connectivity index (χ4v) is 3.75. The number of hydrogen-bond donors (Lipinski definition) is 2. The Morgan fingerprint density at radius 1 is 1.43 bits per heavy atom. The van der Waals surface area contributed by atoms with Gasteiger partial charge in [-0.3, -0.25) is 0 Å². The molecule has 1 fully saturated rings. The minimum absolute atomic E-state index is 0.0958. The van der Waals surface area contributed by atoms with E-state index in [0.717, 1.165) is 24.9 Å². The van der Waals surface area contributed by atoms with Gasteiger partial charge in [-0.15, -0.1) is 0 Å². The smallest absolute Gasteiger partial charge is 0.211 e. The van der Waals surface area contributed by atoms with Crippen LogP contribution in [0.1, 0.15) is 31.4 Å². The van der Waals surface area contributed by atoms with Gasteiger partial charge in [-0.1, -0.05) is 25.1 Å². The Bertz CT molecular complexity index is 574. The van der Waals surface area contributed by atoms with Crippen LogP contribution >= 0.6 is 0 Å². The molecule has 118 valence electrons. The first-order chi connectivity index (χ1) is 9.91. The van der Waals surface area contributed by atoms with Crippen LogP contribution in [0.25, 0.3) is 0 Å². The summed E-state index contributed by atoms with van der Waals surface area (Å²) in [7, 11) is -3.07. The molecule has 0 amide bonds. The molecule has 0 aliphatic carbocycles. The van der Waals surface area contributed by atoms with Gasteiger partial charge in [-0.05, 0) is 31.4 Å². The summed E-state index contributed by atoms with van der Waals surface area (Å²) in [5.41, 5.74) is 0.901. The van der Waals surface area contributed by atoms with Gasteiger partial charge in [0.2, 0.25) is 10.0 Å². The molecule has 1 aliphatic heterocycles. The van der Waals surface area contributed by atoms with E-state index in [4.69, 9.17) is 0 Å². The molecule has 1 aromatic carbocycles. The molecule has 1 aliphatic rings. The predicted molar refractivity (Wildman–Crippen MR) is 83.7 cm³/mol. The van der Waals surface area contributed by atoms with Gasteiger partial charge in [0.1, 0.15) is 5.75 Å². The largest absolute Gasteiger partial charge is 0.508 e. The van der Waals surface area contributed by atoms with Crippen LogP contribution in [-0.4, -0.2) is 43.7 Å². The first kappa shape index (κ1) is 16.3. The van der Waals surface area contributed by atoms with E-state index in [1.807, 2.05) is 18.2 Å². The third-order valence-electron chi connectivity index (χ3n) is 4.09. The molecule has 5 nitrogen and oxygen atoms in total. The lowest BCUT2D eigenvalue weighted by Gasteiger charge is -2.21. The highest BCUT2D eigenvalue weighted by molar-refractivity contribution is 7.88. The van der Waals surface area contributed by atoms with E-state index in [1.165, 1.54) is 6.26 Å². The molecule has 1 heterocycles. The van der Waals surface area contributed by atoms with E-state index >= 15 is 0 Å². The summed E-state index contributed by atoms with van der Waals surface area (Å²) in [5, 5.41) is 13.4. The second-order valence-corrected chi connectivity index (χ2v) is 7.69. The molecule has 0 saturated carbocycles. The zero-order valence-corrected chi connectivity index (χ0v) is 13.4. The van der Waals surface area contributed by atoms with Crippen LogP contribution in [0.5, 0.6) is 5.75 Å². The van der Waals surface area contributed by atoms with E-state index in [0.29, 0.717) is 24.8 Å². The average molecular weight is 312 g/mol. The fourth-order valence-electron chi connectivity index (χ4n) is 2.83. The van der Waals surface area contributed by atoms with E-state index in [2.05, 4.69) is 12.2 Å². The number of sulfonamides is 1. The van der Waals surface area contributed by atoms with Crippen molar-refractivity contribution in [2.45, 2.75) is 25.8 Å². The van der Waals surface area contributed by atoms with Gasteiger partial charge < -0.3 is 10.4 Å². The second kappa shape index (κ2) is 6.77. The molecule has 2 rings (SSSR count). The van der Waals surface area contributed by atoms with Crippen molar-refractivity contribution in [2.24, 2.45) is 5.92 Å². The van der Waals surface area contributed by atoms with Crippen LogP contribution in [0.4, 0.5) is 0 Å². The van der Waals surface area contributed by atoms with Crippen molar-refractivity contribution in [3.8, 4) is 5.75 Å². The monoisotopic (exact) mass is 312 g/mol. The number of benzene rings is 1. The van der Waals surface area contributed by atoms with Crippen molar-refractivity contribution >= 4 is 10.0 Å². The summed E-state index contributed by atoms with van der Waals surface area (Å²) in [4.78, 5) is 0. The highest BCUT2D eigenvalue weighted by atomic mass is 32.2. The number of para-hydroxylation sites is 1. The quantitative estimate of drug-likeness (QED) is 0.839. The summed E-state index contributed by atoms with van der Waals surface area (Å²) in [6.45, 7) is 4.03. The number of nitrogens with one attached hydrogen (secondary N) is 1. The van der Waals surface area contributed by atoms with Gasteiger partial charge in [0.25, 0.3) is 0 Å². The number of nitrogens with zero attached hydrogens (tertiary/aromatic N) is 1. The minimum Gasteiger partial charge on any atom is -0.508 e. The van der Waals surface area contributed by atoms with Crippen molar-refractivity contribution < 1.29 is 13.5 Å². The first-order valence-electron chi connectivity index (χ1n) is 7.38. The highest BCUT2D eigenvalue weighted by Gasteiger charge is 2.28. The molecule has 0 radical (unpaired) electrons. The number of phenolic OH excluding ortho intramolecular Hbond substituents is 1. The maximum Gasteiger partial charge on any atom is 0.211 e. The van der Waals surface area contributed by atoms with Crippen LogP contribution in [0.15, 0.2) is 24.3 Å². The molecule has 21 heavy (non-hydrogen) atoms. The van der Waals surface area contributed by atoms with Gasteiger partial charge in [0.15, 0.2) is 0 Å². The highest BCUT2D eigenvalue weighted by Crippen LogP contribution is 2.26. The molecule has 2 N–H and O–H groups in total. The van der Waals surface area contributed by atoms with Gasteiger partial charge >= 0.3 is 0 Å². The Morgan fingerprint density at radius 2 is 2.14 bits per heavy atom. The van der Waals surface area contributed by atoms with E-state index in [-0.39, 0.29) is 6.04 Å². The summed E-state index contributed by atoms with van der Waals surface area (Å²) in [6.07, 6.45) is 3.02. The van der Waals surface area contributed by atoms with Crippen LogP contribution in [0.2, 0.25) is 0 Å². The molecular formula is C15H24N2O3S. The van der Waals surface area contributed by atoms with Crippen LogP contribution in [-0.2, 0) is 10.0 Å². The van der Waals surface area contributed by atoms with E-state index < -0.39 is 10.0 Å². The fraction of sp³-hybridized carbons (Fsp3) is 0.600. The number of hydrogen-bond acceptors (Lipinski definition) is 4. The Kier molecular flexibility index (Phi) is 5.24. The van der Waals surface area contributed by atoms with Crippen LogP contribution in [0.3, 0.4) is 0 Å². The van der Waals surface area contributed by atoms with E-state index in [1.54, 1.807) is 10.4 Å². The third-order valence-corrected chi connectivity index (χ3v) is 5.36. The van der Waals surface area contributed by atoms with Crippen molar-refractivity contribution in [3.63, 3.8) is 0 Å². The Hall–Kier alpha value is -1.11. The summed E-state index contributed by atoms with van der Waals surface area (Å²) in [6, 6.07) is 7.44. The number of aromatic hydroxyl groups is 1. The van der Waals surface area contributed by atoms with Crippen LogP contribution < -0.4 is 5.32 Å². The van der Waals surface area contributed by atoms with Crippen LogP contribution in [0, 0.1) is 5.92 Å². The summed E-state index contributed by atoms with van der Waals surface area (Å²) < 4.78 is 24.6. The zero-order valence-electron chi connectivity index (χ0n) is 12.6. The predicted octanol–water partition coefficient (Wildman–Crippen LogP) is 1.71. The summed E-state index contributed by atoms with van der Waals surface area (Å²) >= 11 is 0. The zero-order chi connectivity index (χ0) is 15.5. The first-order valence-corrected chi connectivity index (χ1v) is 9.23. The van der Waals surface area contributed by atoms with E-state index in [9.17, 15) is 13.5 Å². The number of rotatable bonds is 6. The topological polar surface area (TPSA) is 69.6 Å². The molecule has 0 spiro atoms. The Labute approximate surface area is 127 Å². The van der Waals surface area contributed by atoms with Gasteiger partial charge in [-0.2, -0.15) is 0 Å². The van der Waals surface area contributed by atoms with Crippen molar-refractivity contribution in [1.29, 1.82) is 0 Å². The number of phenols is 1. The lowest BCUT2D eigenvalue weighted by Crippen LogP contribution is -2.31. The Morgan fingerprint density at radius 3 is 2.71 bits per heavy atom. The molecule has 2 atom stereocenters. The van der Waals surface area contributed by atoms with Crippen molar-refractivity contribution in [1.82, 2.24) is 9.62 Å². The normalized spacial score (nSPS) is 21.5. The lowest BCUT2D eigenvalue weighted by molar-refractivity contribution is 0.405. The average Bonchev–Trinajstić information content (AvgIpc) is 2.90. The van der Waals surface area contributed by atoms with Crippen molar-refractivity contribution in [2.75, 3.05) is 25.9 Å². The molecule has 0 bridgehead atoms. The SMILES string of the molecule is CC[C@@H](NC[C@@H]1CCN(S(C)(=O)=O)C1)c1ccccc1O. The third kappa shape index (κ3) is 4.18. The lowest BCUT2D eigenvalue weighted by atomic mass is 10.0. The molecule has 1 saturated heterocycles. The maximum atomic E-state index is 11.5. The molecule has 1 aromatic rings. The molecule has 0 aromatic heterocycles. The molecular weight excluding hydrogens is 288 g/mol. The molecule has 6 heteroatoms. The molecule has 0 unspecified atom stereocenters. The maximum absolute atomic E-state index is 11.5. The second-order valence-electron chi connectivity index (χ2n) is 5.70. The van der Waals surface area contributed by atoms with Gasteiger partial charge in [0.05, 0.1) is 6.26 Å². The van der Waals surface area contributed by atoms with Crippen molar-refractivity contribution in [3.05, 3.63) is 29.8 Å². The minimum atomic E-state index is -3.07. The Balaban J connectivity index is 1.92.